The maximum atomic E-state index is 12.9. The predicted octanol–water partition coefficient (Wildman–Crippen LogP) is 4.03. The average Bonchev–Trinajstić information content (AvgIpc) is 3.33. The van der Waals surface area contributed by atoms with Crippen LogP contribution in [0.1, 0.15) is 12.0 Å². The van der Waals surface area contributed by atoms with E-state index in [1.165, 1.54) is 4.70 Å². The highest BCUT2D eigenvalue weighted by molar-refractivity contribution is 7.17. The number of rotatable bonds is 2. The largest absolute Gasteiger partial charge is 0.504 e. The van der Waals surface area contributed by atoms with E-state index < -0.39 is 0 Å². The number of benzene rings is 2. The lowest BCUT2D eigenvalue weighted by Gasteiger charge is -2.23. The number of hydrogen-bond acceptors (Lipinski definition) is 5. The van der Waals surface area contributed by atoms with Crippen molar-refractivity contribution in [3.63, 3.8) is 0 Å². The zero-order valence-corrected chi connectivity index (χ0v) is 16.2. The molecule has 1 unspecified atom stereocenters. The summed E-state index contributed by atoms with van der Waals surface area (Å²) in [7, 11) is 0. The molecule has 0 saturated carbocycles. The van der Waals surface area contributed by atoms with E-state index in [-0.39, 0.29) is 17.6 Å². The van der Waals surface area contributed by atoms with E-state index >= 15 is 0 Å². The van der Waals surface area contributed by atoms with E-state index in [1.807, 2.05) is 23.1 Å². The molecule has 28 heavy (non-hydrogen) atoms. The lowest BCUT2D eigenvalue weighted by atomic mass is 10.0. The van der Waals surface area contributed by atoms with Gasteiger partial charge in [0.25, 0.3) is 0 Å². The quantitative estimate of drug-likeness (QED) is 0.712. The highest BCUT2D eigenvalue weighted by Crippen LogP contribution is 2.41. The average molecular weight is 395 g/mol. The van der Waals surface area contributed by atoms with E-state index in [4.69, 9.17) is 9.47 Å². The number of nitrogens with zero attached hydrogens (tertiary/aromatic N) is 1. The van der Waals surface area contributed by atoms with Crippen molar-refractivity contribution < 1.29 is 19.4 Å². The second-order valence-electron chi connectivity index (χ2n) is 7.30. The van der Waals surface area contributed by atoms with Gasteiger partial charge in [0.1, 0.15) is 6.61 Å². The van der Waals surface area contributed by atoms with E-state index in [2.05, 4.69) is 17.5 Å². The number of fused-ring (bicyclic) bond motifs is 2. The molecular weight excluding hydrogens is 374 g/mol. The fourth-order valence-corrected chi connectivity index (χ4v) is 5.00. The Morgan fingerprint density at radius 1 is 1.21 bits per heavy atom. The number of phenols is 1. The van der Waals surface area contributed by atoms with Crippen molar-refractivity contribution >= 4 is 27.3 Å². The number of hydrogen-bond donors (Lipinski definition) is 1. The molecule has 2 aliphatic rings. The van der Waals surface area contributed by atoms with Gasteiger partial charge >= 0.3 is 0 Å². The van der Waals surface area contributed by atoms with Crippen molar-refractivity contribution in [2.75, 3.05) is 26.4 Å². The van der Waals surface area contributed by atoms with Gasteiger partial charge in [-0.3, -0.25) is 4.79 Å². The topological polar surface area (TPSA) is 59.0 Å². The molecule has 5 nitrogen and oxygen atoms in total. The van der Waals surface area contributed by atoms with Crippen molar-refractivity contribution in [1.29, 1.82) is 0 Å². The van der Waals surface area contributed by atoms with Crippen LogP contribution in [-0.4, -0.2) is 42.3 Å². The third-order valence-electron chi connectivity index (χ3n) is 5.50. The van der Waals surface area contributed by atoms with Gasteiger partial charge in [-0.1, -0.05) is 18.2 Å². The summed E-state index contributed by atoms with van der Waals surface area (Å²) in [6, 6.07) is 12.0. The van der Waals surface area contributed by atoms with Gasteiger partial charge in [-0.15, -0.1) is 11.3 Å². The maximum absolute atomic E-state index is 12.9. The fourth-order valence-electron chi connectivity index (χ4n) is 4.03. The lowest BCUT2D eigenvalue weighted by molar-refractivity contribution is -0.136. The highest BCUT2D eigenvalue weighted by Gasteiger charge is 2.30. The molecule has 1 fully saturated rings. The second kappa shape index (κ2) is 7.11. The molecule has 0 spiro atoms. The SMILES string of the molecule is O=C(C1CCOC1)N1CCOc2c(O)cc(-c3csc4ccccc34)cc2C1. The predicted molar refractivity (Wildman–Crippen MR) is 109 cm³/mol. The summed E-state index contributed by atoms with van der Waals surface area (Å²) in [5, 5.41) is 13.9. The van der Waals surface area contributed by atoms with Crippen molar-refractivity contribution in [1.82, 2.24) is 4.90 Å². The normalized spacial score (nSPS) is 19.3. The van der Waals surface area contributed by atoms with Crippen LogP contribution in [0.3, 0.4) is 0 Å². The second-order valence-corrected chi connectivity index (χ2v) is 8.21. The minimum absolute atomic E-state index is 0.0702. The highest BCUT2D eigenvalue weighted by atomic mass is 32.1. The molecule has 1 amide bonds. The Morgan fingerprint density at radius 3 is 2.96 bits per heavy atom. The summed E-state index contributed by atoms with van der Waals surface area (Å²) in [6.45, 7) is 2.47. The van der Waals surface area contributed by atoms with Gasteiger partial charge in [-0.05, 0) is 35.6 Å². The van der Waals surface area contributed by atoms with Crippen molar-refractivity contribution in [3.8, 4) is 22.6 Å². The molecule has 0 bridgehead atoms. The van der Waals surface area contributed by atoms with Crippen LogP contribution in [0.15, 0.2) is 41.8 Å². The number of phenolic OH excluding ortho intramolecular Hbond substituents is 1. The van der Waals surface area contributed by atoms with Crippen molar-refractivity contribution in [2.24, 2.45) is 5.92 Å². The molecule has 1 saturated heterocycles. The first-order valence-corrected chi connectivity index (χ1v) is 10.4. The first kappa shape index (κ1) is 17.5. The number of thiophene rings is 1. The minimum atomic E-state index is -0.0702. The summed E-state index contributed by atoms with van der Waals surface area (Å²) < 4.78 is 12.4. The van der Waals surface area contributed by atoms with E-state index in [0.29, 0.717) is 38.7 Å². The van der Waals surface area contributed by atoms with Gasteiger partial charge in [0, 0.05) is 34.4 Å². The number of carbonyl (C=O) groups is 1. The summed E-state index contributed by atoms with van der Waals surface area (Å²) in [4.78, 5) is 14.7. The first-order chi connectivity index (χ1) is 13.7. The number of carbonyl (C=O) groups excluding carboxylic acids is 1. The number of amides is 1. The molecule has 0 aliphatic carbocycles. The van der Waals surface area contributed by atoms with Gasteiger partial charge in [-0.2, -0.15) is 0 Å². The Morgan fingerprint density at radius 2 is 2.11 bits per heavy atom. The van der Waals surface area contributed by atoms with Gasteiger partial charge in [0.05, 0.1) is 19.1 Å². The molecule has 2 aromatic carbocycles. The fraction of sp³-hybridized carbons (Fsp3) is 0.318. The summed E-state index contributed by atoms with van der Waals surface area (Å²) in [6.07, 6.45) is 0.773. The molecule has 6 heteroatoms. The summed E-state index contributed by atoms with van der Waals surface area (Å²) in [5.41, 5.74) is 2.87. The molecule has 3 heterocycles. The molecule has 1 aromatic heterocycles. The molecule has 1 N–H and O–H groups in total. The third-order valence-corrected chi connectivity index (χ3v) is 6.46. The molecule has 2 aliphatic heterocycles. The standard InChI is InChI=1S/C22H21NO4S/c24-19-10-15(18-13-28-20-4-2-1-3-17(18)20)9-16-11-23(6-8-27-21(16)19)22(25)14-5-7-26-12-14/h1-4,9-10,13-14,24H,5-8,11-12H2. The van der Waals surface area contributed by atoms with E-state index in [1.54, 1.807) is 17.4 Å². The van der Waals surface area contributed by atoms with Gasteiger partial charge < -0.3 is 19.5 Å². The Hall–Kier alpha value is -2.57. The van der Waals surface area contributed by atoms with Gasteiger partial charge in [0.15, 0.2) is 11.5 Å². The molecule has 5 rings (SSSR count). The Bertz CT molecular complexity index is 1040. The lowest BCUT2D eigenvalue weighted by Crippen LogP contribution is -2.37. The van der Waals surface area contributed by atoms with Gasteiger partial charge in [0.2, 0.25) is 5.91 Å². The van der Waals surface area contributed by atoms with Crippen LogP contribution in [0.2, 0.25) is 0 Å². The number of aromatic hydroxyl groups is 1. The van der Waals surface area contributed by atoms with Crippen molar-refractivity contribution in [3.05, 3.63) is 47.3 Å². The van der Waals surface area contributed by atoms with Crippen LogP contribution in [0.4, 0.5) is 0 Å². The number of ether oxygens (including phenoxy) is 2. The molecule has 3 aromatic rings. The zero-order valence-electron chi connectivity index (χ0n) is 15.4. The van der Waals surface area contributed by atoms with Crippen LogP contribution in [-0.2, 0) is 16.1 Å². The van der Waals surface area contributed by atoms with Crippen LogP contribution in [0.5, 0.6) is 11.5 Å². The van der Waals surface area contributed by atoms with E-state index in [0.717, 1.165) is 28.5 Å². The molecule has 144 valence electrons. The Kier molecular flexibility index (Phi) is 4.45. The van der Waals surface area contributed by atoms with Crippen LogP contribution in [0, 0.1) is 5.92 Å². The Labute approximate surface area is 167 Å². The minimum Gasteiger partial charge on any atom is -0.504 e. The van der Waals surface area contributed by atoms with E-state index in [9.17, 15) is 9.90 Å². The zero-order chi connectivity index (χ0) is 19.1. The van der Waals surface area contributed by atoms with Gasteiger partial charge in [-0.25, -0.2) is 0 Å². The molecular formula is C22H21NO4S. The third kappa shape index (κ3) is 3.02. The summed E-state index contributed by atoms with van der Waals surface area (Å²) in [5.74, 6) is 0.654. The van der Waals surface area contributed by atoms with Crippen LogP contribution >= 0.6 is 11.3 Å². The van der Waals surface area contributed by atoms with Crippen LogP contribution in [0.25, 0.3) is 21.2 Å². The molecule has 1 atom stereocenters. The molecule has 0 radical (unpaired) electrons. The smallest absolute Gasteiger partial charge is 0.228 e. The summed E-state index contributed by atoms with van der Waals surface area (Å²) >= 11 is 1.69. The first-order valence-electron chi connectivity index (χ1n) is 9.52. The Balaban J connectivity index is 1.52. The van der Waals surface area contributed by atoms with Crippen molar-refractivity contribution in [2.45, 2.75) is 13.0 Å². The maximum Gasteiger partial charge on any atom is 0.228 e. The van der Waals surface area contributed by atoms with Crippen LogP contribution < -0.4 is 4.74 Å². The monoisotopic (exact) mass is 395 g/mol.